The molecule has 1 atom stereocenters. The van der Waals surface area contributed by atoms with Crippen LogP contribution in [0.4, 0.5) is 13.2 Å². The van der Waals surface area contributed by atoms with Gasteiger partial charge in [-0.25, -0.2) is 10.1 Å². The minimum absolute atomic E-state index is 0.209. The van der Waals surface area contributed by atoms with E-state index in [4.69, 9.17) is 14.7 Å². The number of alkyl halides is 3. The molecule has 0 aliphatic rings. The second-order valence-electron chi connectivity index (χ2n) is 8.39. The van der Waals surface area contributed by atoms with Gasteiger partial charge in [-0.3, -0.25) is 0 Å². The van der Waals surface area contributed by atoms with Gasteiger partial charge >= 0.3 is 12.3 Å². The molecule has 1 aromatic heterocycles. The number of benzene rings is 3. The molecule has 3 aromatic carbocycles. The average molecular weight is 531 g/mol. The Morgan fingerprint density at radius 2 is 1.66 bits per heavy atom. The summed E-state index contributed by atoms with van der Waals surface area (Å²) in [5.74, 6) is -0.0685. The molecule has 1 heterocycles. The monoisotopic (exact) mass is 531 g/mol. The highest BCUT2D eigenvalue weighted by molar-refractivity contribution is 5.90. The number of rotatable bonds is 10. The van der Waals surface area contributed by atoms with Crippen LogP contribution in [-0.4, -0.2) is 33.4 Å². The van der Waals surface area contributed by atoms with E-state index in [1.54, 1.807) is 54.8 Å². The van der Waals surface area contributed by atoms with Crippen LogP contribution in [0.1, 0.15) is 24.6 Å². The van der Waals surface area contributed by atoms with E-state index in [0.29, 0.717) is 33.8 Å². The smallest absolute Gasteiger partial charge is 0.479 e. The van der Waals surface area contributed by atoms with Crippen molar-refractivity contribution in [1.82, 2.24) is 4.57 Å². The molecule has 0 fully saturated rings. The standard InChI is InChI=1S/C27H24F3NO7/c1-3-24(26(32)33)35-20-6-4-5-17(13-20)15-31-16(2)25(36-18-7-9-19(38-34)10-8-18)22-12-11-21(14-23(22)31)37-27(28,29)30/h4-14,24,34H,3,15H2,1-2H3,(H,32,33). The number of hydrogen-bond donors (Lipinski definition) is 2. The fraction of sp³-hybridized carbons (Fsp3) is 0.222. The summed E-state index contributed by atoms with van der Waals surface area (Å²) in [5.41, 5.74) is 1.77. The maximum Gasteiger partial charge on any atom is 0.573 e. The van der Waals surface area contributed by atoms with Crippen LogP contribution in [0.25, 0.3) is 10.9 Å². The van der Waals surface area contributed by atoms with Gasteiger partial charge in [0.2, 0.25) is 0 Å². The molecule has 2 N–H and O–H groups in total. The first-order valence-electron chi connectivity index (χ1n) is 11.5. The number of carboxylic acids is 1. The second kappa shape index (κ2) is 10.9. The average Bonchev–Trinajstić information content (AvgIpc) is 3.12. The van der Waals surface area contributed by atoms with Gasteiger partial charge in [0.25, 0.3) is 0 Å². The van der Waals surface area contributed by atoms with Gasteiger partial charge in [0, 0.05) is 18.0 Å². The minimum Gasteiger partial charge on any atom is -0.479 e. The highest BCUT2D eigenvalue weighted by atomic mass is 19.4. The summed E-state index contributed by atoms with van der Waals surface area (Å²) >= 11 is 0. The number of aliphatic carboxylic acids is 1. The van der Waals surface area contributed by atoms with E-state index in [2.05, 4.69) is 9.62 Å². The lowest BCUT2D eigenvalue weighted by molar-refractivity contribution is -0.274. The number of nitrogens with zero attached hydrogens (tertiary/aromatic N) is 1. The Kier molecular flexibility index (Phi) is 7.67. The van der Waals surface area contributed by atoms with Crippen LogP contribution in [0.2, 0.25) is 0 Å². The third kappa shape index (κ3) is 6.12. The summed E-state index contributed by atoms with van der Waals surface area (Å²) in [6.45, 7) is 3.69. The first-order valence-corrected chi connectivity index (χ1v) is 11.5. The van der Waals surface area contributed by atoms with E-state index in [0.717, 1.165) is 5.56 Å². The van der Waals surface area contributed by atoms with E-state index in [1.165, 1.54) is 30.3 Å². The first-order chi connectivity index (χ1) is 18.1. The highest BCUT2D eigenvalue weighted by Gasteiger charge is 2.31. The summed E-state index contributed by atoms with van der Waals surface area (Å²) < 4.78 is 56.3. The Bertz CT molecular complexity index is 1430. The van der Waals surface area contributed by atoms with Crippen LogP contribution in [0.3, 0.4) is 0 Å². The molecule has 4 aromatic rings. The molecule has 0 bridgehead atoms. The number of aromatic nitrogens is 1. The zero-order valence-electron chi connectivity index (χ0n) is 20.4. The summed E-state index contributed by atoms with van der Waals surface area (Å²) in [7, 11) is 0. The predicted octanol–water partition coefficient (Wildman–Crippen LogP) is 6.78. The molecule has 8 nitrogen and oxygen atoms in total. The quantitative estimate of drug-likeness (QED) is 0.172. The zero-order chi connectivity index (χ0) is 27.4. The van der Waals surface area contributed by atoms with Gasteiger partial charge in [-0.15, -0.1) is 13.2 Å². The molecule has 4 rings (SSSR count). The van der Waals surface area contributed by atoms with Gasteiger partial charge < -0.3 is 28.8 Å². The molecule has 11 heteroatoms. The largest absolute Gasteiger partial charge is 0.573 e. The fourth-order valence-electron chi connectivity index (χ4n) is 4.01. The summed E-state index contributed by atoms with van der Waals surface area (Å²) in [5, 5.41) is 18.6. The molecule has 38 heavy (non-hydrogen) atoms. The van der Waals surface area contributed by atoms with Crippen LogP contribution in [-0.2, 0) is 11.3 Å². The number of carboxylic acid groups (broad SMARTS) is 1. The van der Waals surface area contributed by atoms with Crippen molar-refractivity contribution in [3.8, 4) is 28.7 Å². The molecule has 0 aliphatic carbocycles. The van der Waals surface area contributed by atoms with Gasteiger partial charge in [0.1, 0.15) is 17.2 Å². The van der Waals surface area contributed by atoms with Crippen molar-refractivity contribution in [1.29, 1.82) is 0 Å². The topological polar surface area (TPSA) is 99.4 Å². The Labute approximate surface area is 215 Å². The SMILES string of the molecule is CCC(Oc1cccc(Cn2c(C)c(Oc3ccc(OO)cc3)c3ccc(OC(F)(F)F)cc32)c1)C(=O)O. The molecule has 0 amide bonds. The normalized spacial score (nSPS) is 12.3. The van der Waals surface area contributed by atoms with Crippen molar-refractivity contribution in [2.75, 3.05) is 0 Å². The molecule has 1 unspecified atom stereocenters. The number of halogens is 3. The van der Waals surface area contributed by atoms with E-state index in [1.807, 2.05) is 0 Å². The third-order valence-electron chi connectivity index (χ3n) is 5.78. The van der Waals surface area contributed by atoms with E-state index < -0.39 is 18.4 Å². The van der Waals surface area contributed by atoms with E-state index >= 15 is 0 Å². The molecule has 0 radical (unpaired) electrons. The second-order valence-corrected chi connectivity index (χ2v) is 8.39. The lowest BCUT2D eigenvalue weighted by Crippen LogP contribution is -2.25. The fourth-order valence-corrected chi connectivity index (χ4v) is 4.01. The van der Waals surface area contributed by atoms with Crippen molar-refractivity contribution < 1.29 is 47.4 Å². The first kappa shape index (κ1) is 26.7. The Morgan fingerprint density at radius 1 is 0.974 bits per heavy atom. The molecule has 0 saturated heterocycles. The molecular formula is C27H24F3NO7. The summed E-state index contributed by atoms with van der Waals surface area (Å²) in [4.78, 5) is 15.5. The van der Waals surface area contributed by atoms with Crippen molar-refractivity contribution in [3.63, 3.8) is 0 Å². The van der Waals surface area contributed by atoms with Gasteiger partial charge in [0.05, 0.1) is 11.2 Å². The number of hydrogen-bond acceptors (Lipinski definition) is 6. The van der Waals surface area contributed by atoms with Gasteiger partial charge in [0.15, 0.2) is 17.6 Å². The zero-order valence-corrected chi connectivity index (χ0v) is 20.4. The van der Waals surface area contributed by atoms with Gasteiger partial charge in [-0.1, -0.05) is 19.1 Å². The van der Waals surface area contributed by atoms with Crippen molar-refractivity contribution in [2.24, 2.45) is 0 Å². The highest BCUT2D eigenvalue weighted by Crippen LogP contribution is 2.39. The Balaban J connectivity index is 1.74. The van der Waals surface area contributed by atoms with E-state index in [-0.39, 0.29) is 24.5 Å². The third-order valence-corrected chi connectivity index (χ3v) is 5.78. The molecule has 0 saturated carbocycles. The Morgan fingerprint density at radius 3 is 2.29 bits per heavy atom. The summed E-state index contributed by atoms with van der Waals surface area (Å²) in [6, 6.07) is 16.9. The number of ether oxygens (including phenoxy) is 3. The lowest BCUT2D eigenvalue weighted by Gasteiger charge is -2.15. The summed E-state index contributed by atoms with van der Waals surface area (Å²) in [6.07, 6.45) is -5.60. The van der Waals surface area contributed by atoms with E-state index in [9.17, 15) is 23.1 Å². The van der Waals surface area contributed by atoms with Crippen LogP contribution in [0, 0.1) is 6.92 Å². The van der Waals surface area contributed by atoms with Crippen LogP contribution < -0.4 is 19.1 Å². The maximum absolute atomic E-state index is 12.9. The van der Waals surface area contributed by atoms with Crippen LogP contribution in [0.15, 0.2) is 66.7 Å². The van der Waals surface area contributed by atoms with Crippen LogP contribution in [0.5, 0.6) is 28.7 Å². The van der Waals surface area contributed by atoms with Crippen LogP contribution >= 0.6 is 0 Å². The number of fused-ring (bicyclic) bond motifs is 1. The molecule has 0 spiro atoms. The van der Waals surface area contributed by atoms with Crippen molar-refractivity contribution in [2.45, 2.75) is 39.3 Å². The lowest BCUT2D eigenvalue weighted by atomic mass is 10.2. The molecule has 200 valence electrons. The minimum atomic E-state index is -4.86. The molecular weight excluding hydrogens is 507 g/mol. The van der Waals surface area contributed by atoms with Gasteiger partial charge in [-0.05, 0) is 67.4 Å². The predicted molar refractivity (Wildman–Crippen MR) is 131 cm³/mol. The number of carbonyl (C=O) groups is 1. The van der Waals surface area contributed by atoms with Crippen molar-refractivity contribution >= 4 is 16.9 Å². The Hall–Kier alpha value is -4.38. The van der Waals surface area contributed by atoms with Gasteiger partial charge in [-0.2, -0.15) is 0 Å². The maximum atomic E-state index is 12.9. The molecule has 0 aliphatic heterocycles. The van der Waals surface area contributed by atoms with Crippen molar-refractivity contribution in [3.05, 3.63) is 78.0 Å².